The van der Waals surface area contributed by atoms with Gasteiger partial charge < -0.3 is 10.2 Å². The fourth-order valence-corrected chi connectivity index (χ4v) is 0.679. The van der Waals surface area contributed by atoms with Crippen molar-refractivity contribution in [3.63, 3.8) is 0 Å². The number of nitrogens with two attached hydrogens (primary N) is 1. The molecule has 0 rings (SSSR count). The molecule has 0 radical (unpaired) electrons. The van der Waals surface area contributed by atoms with E-state index in [0.29, 0.717) is 13.0 Å². The first-order chi connectivity index (χ1) is 3.77. The van der Waals surface area contributed by atoms with Crippen molar-refractivity contribution in [2.75, 3.05) is 6.61 Å². The molecule has 1 amide bonds. The summed E-state index contributed by atoms with van der Waals surface area (Å²) >= 11 is 0. The standard InChI is InChI=1S/C4H11NO2Si/c5-4(6)2-1-3-7-8/h1-3H2,8H3,(H2,5,6). The van der Waals surface area contributed by atoms with Crippen LogP contribution in [-0.4, -0.2) is 23.0 Å². The van der Waals surface area contributed by atoms with Crippen LogP contribution >= 0.6 is 0 Å². The lowest BCUT2D eigenvalue weighted by Gasteiger charge is -1.93. The molecule has 3 nitrogen and oxygen atoms in total. The highest BCUT2D eigenvalue weighted by Gasteiger charge is 1.90. The second-order valence-electron chi connectivity index (χ2n) is 1.56. The zero-order chi connectivity index (χ0) is 6.41. The van der Waals surface area contributed by atoms with Gasteiger partial charge in [-0.15, -0.1) is 0 Å². The molecule has 0 atom stereocenters. The van der Waals surface area contributed by atoms with E-state index in [9.17, 15) is 4.79 Å². The molecule has 0 fully saturated rings. The van der Waals surface area contributed by atoms with E-state index in [-0.39, 0.29) is 5.91 Å². The lowest BCUT2D eigenvalue weighted by atomic mass is 10.3. The lowest BCUT2D eigenvalue weighted by Crippen LogP contribution is -2.10. The zero-order valence-electron chi connectivity index (χ0n) is 5.02. The maximum Gasteiger partial charge on any atom is 0.217 e. The first kappa shape index (κ1) is 7.65. The smallest absolute Gasteiger partial charge is 0.217 e. The first-order valence-electron chi connectivity index (χ1n) is 2.54. The molecular weight excluding hydrogens is 122 g/mol. The number of primary amides is 1. The number of rotatable bonds is 4. The second-order valence-corrected chi connectivity index (χ2v) is 2.14. The fourth-order valence-electron chi connectivity index (χ4n) is 0.391. The molecule has 4 heteroatoms. The maximum absolute atomic E-state index is 10.1. The molecule has 0 saturated heterocycles. The van der Waals surface area contributed by atoms with Crippen LogP contribution in [0, 0.1) is 0 Å². The Morgan fingerprint density at radius 1 is 1.75 bits per heavy atom. The van der Waals surface area contributed by atoms with Crippen LogP contribution in [0.25, 0.3) is 0 Å². The Morgan fingerprint density at radius 2 is 2.38 bits per heavy atom. The number of carbonyl (C=O) groups excluding carboxylic acids is 1. The quantitative estimate of drug-likeness (QED) is 0.377. The normalized spacial score (nSPS) is 9.50. The molecule has 0 bridgehead atoms. The predicted octanol–water partition coefficient (Wildman–Crippen LogP) is -1.45. The topological polar surface area (TPSA) is 52.3 Å². The molecule has 0 aromatic carbocycles. The molecule has 0 aliphatic carbocycles. The fraction of sp³-hybridized carbons (Fsp3) is 0.750. The highest BCUT2D eigenvalue weighted by molar-refractivity contribution is 5.97. The van der Waals surface area contributed by atoms with E-state index in [2.05, 4.69) is 0 Å². The van der Waals surface area contributed by atoms with Gasteiger partial charge in [0.2, 0.25) is 5.91 Å². The minimum Gasteiger partial charge on any atom is -0.428 e. The van der Waals surface area contributed by atoms with Gasteiger partial charge in [-0.1, -0.05) is 0 Å². The van der Waals surface area contributed by atoms with E-state index in [0.717, 1.165) is 16.9 Å². The minimum atomic E-state index is -0.247. The largest absolute Gasteiger partial charge is 0.428 e. The zero-order valence-corrected chi connectivity index (χ0v) is 7.02. The van der Waals surface area contributed by atoms with Crippen LogP contribution in [0.5, 0.6) is 0 Å². The summed E-state index contributed by atoms with van der Waals surface area (Å²) in [6.45, 7) is 0.676. The van der Waals surface area contributed by atoms with Gasteiger partial charge in [0.15, 0.2) is 0 Å². The predicted molar refractivity (Wildman–Crippen MR) is 34.3 cm³/mol. The van der Waals surface area contributed by atoms with Crippen molar-refractivity contribution < 1.29 is 9.22 Å². The van der Waals surface area contributed by atoms with Crippen molar-refractivity contribution in [3.8, 4) is 0 Å². The van der Waals surface area contributed by atoms with Gasteiger partial charge in [-0.05, 0) is 6.42 Å². The second kappa shape index (κ2) is 4.80. The van der Waals surface area contributed by atoms with E-state index in [1.54, 1.807) is 0 Å². The van der Waals surface area contributed by atoms with Gasteiger partial charge in [-0.25, -0.2) is 0 Å². The molecular formula is C4H11NO2Si. The summed E-state index contributed by atoms with van der Waals surface area (Å²) in [5, 5.41) is 0. The van der Waals surface area contributed by atoms with Crippen LogP contribution in [0.2, 0.25) is 0 Å². The molecule has 0 aromatic rings. The summed E-state index contributed by atoms with van der Waals surface area (Å²) in [5.41, 5.74) is 4.85. The highest BCUT2D eigenvalue weighted by Crippen LogP contribution is 1.84. The van der Waals surface area contributed by atoms with Gasteiger partial charge in [-0.2, -0.15) is 0 Å². The lowest BCUT2D eigenvalue weighted by molar-refractivity contribution is -0.118. The van der Waals surface area contributed by atoms with Gasteiger partial charge >= 0.3 is 0 Å². The molecule has 0 heterocycles. The Bertz CT molecular complexity index is 76.4. The van der Waals surface area contributed by atoms with E-state index < -0.39 is 0 Å². The van der Waals surface area contributed by atoms with Crippen LogP contribution < -0.4 is 5.73 Å². The van der Waals surface area contributed by atoms with Gasteiger partial charge in [0, 0.05) is 13.0 Å². The van der Waals surface area contributed by atoms with Crippen LogP contribution in [0.4, 0.5) is 0 Å². The maximum atomic E-state index is 10.1. The molecule has 0 unspecified atom stereocenters. The van der Waals surface area contributed by atoms with E-state index in [4.69, 9.17) is 10.2 Å². The monoisotopic (exact) mass is 133 g/mol. The van der Waals surface area contributed by atoms with Crippen LogP contribution in [0.3, 0.4) is 0 Å². The summed E-state index contributed by atoms with van der Waals surface area (Å²) in [6, 6.07) is 0. The first-order valence-corrected chi connectivity index (χ1v) is 3.36. The Balaban J connectivity index is 2.82. The summed E-state index contributed by atoms with van der Waals surface area (Å²) < 4.78 is 4.82. The summed E-state index contributed by atoms with van der Waals surface area (Å²) in [6.07, 6.45) is 1.21. The average molecular weight is 133 g/mol. The Labute approximate surface area is 51.7 Å². The van der Waals surface area contributed by atoms with Gasteiger partial charge in [0.1, 0.15) is 10.5 Å². The molecule has 0 saturated carbocycles. The molecule has 0 spiro atoms. The van der Waals surface area contributed by atoms with Crippen LogP contribution in [0.1, 0.15) is 12.8 Å². The van der Waals surface area contributed by atoms with Crippen molar-refractivity contribution in [2.24, 2.45) is 5.73 Å². The molecule has 48 valence electrons. The Hall–Kier alpha value is -0.353. The summed E-state index contributed by atoms with van der Waals surface area (Å²) in [4.78, 5) is 10.1. The SMILES string of the molecule is NC(=O)CCCO[SiH3]. The van der Waals surface area contributed by atoms with Gasteiger partial charge in [0.05, 0.1) is 0 Å². The molecule has 2 N–H and O–H groups in total. The third-order valence-electron chi connectivity index (χ3n) is 0.772. The van der Waals surface area contributed by atoms with Gasteiger partial charge in [-0.3, -0.25) is 4.79 Å². The van der Waals surface area contributed by atoms with Crippen molar-refractivity contribution in [1.82, 2.24) is 0 Å². The van der Waals surface area contributed by atoms with E-state index >= 15 is 0 Å². The molecule has 8 heavy (non-hydrogen) atoms. The minimum absolute atomic E-state index is 0.247. The summed E-state index contributed by atoms with van der Waals surface area (Å²) in [7, 11) is 0.747. The van der Waals surface area contributed by atoms with Crippen molar-refractivity contribution in [1.29, 1.82) is 0 Å². The van der Waals surface area contributed by atoms with E-state index in [1.165, 1.54) is 0 Å². The number of hydrogen-bond donors (Lipinski definition) is 1. The van der Waals surface area contributed by atoms with Gasteiger partial charge in [0.25, 0.3) is 0 Å². The molecule has 0 aliphatic heterocycles. The van der Waals surface area contributed by atoms with Crippen LogP contribution in [0.15, 0.2) is 0 Å². The Kier molecular flexibility index (Phi) is 4.59. The molecule has 0 aromatic heterocycles. The number of amides is 1. The highest BCUT2D eigenvalue weighted by atomic mass is 28.2. The van der Waals surface area contributed by atoms with Crippen molar-refractivity contribution in [3.05, 3.63) is 0 Å². The third kappa shape index (κ3) is 5.65. The van der Waals surface area contributed by atoms with Crippen molar-refractivity contribution >= 4 is 16.4 Å². The third-order valence-corrected chi connectivity index (χ3v) is 1.18. The number of carbonyl (C=O) groups is 1. The van der Waals surface area contributed by atoms with Crippen LogP contribution in [-0.2, 0) is 9.22 Å². The average Bonchev–Trinajstić information content (AvgIpc) is 1.66. The Morgan fingerprint density at radius 3 is 2.75 bits per heavy atom. The number of hydrogen-bond acceptors (Lipinski definition) is 2. The summed E-state index contributed by atoms with van der Waals surface area (Å²) in [5.74, 6) is -0.247. The van der Waals surface area contributed by atoms with Crippen molar-refractivity contribution in [2.45, 2.75) is 12.8 Å². The molecule has 0 aliphatic rings. The van der Waals surface area contributed by atoms with E-state index in [1.807, 2.05) is 0 Å².